The monoisotopic (exact) mass is 738 g/mol. The van der Waals surface area contributed by atoms with Crippen LogP contribution in [-0.2, 0) is 14.6 Å². The lowest BCUT2D eigenvalue weighted by Crippen LogP contribution is -2.33. The molecule has 0 aliphatic carbocycles. The Kier molecular flexibility index (Phi) is 15.6. The number of hydrogen-bond acceptors (Lipinski definition) is 7. The van der Waals surface area contributed by atoms with Crippen molar-refractivity contribution in [1.82, 2.24) is 4.98 Å². The van der Waals surface area contributed by atoms with E-state index in [0.717, 1.165) is 57.7 Å². The number of unbranched alkanes of at least 4 members (excludes halogenated alkanes) is 9. The number of nitrogens with zero attached hydrogens (tertiary/aromatic N) is 2. The third-order valence-electron chi connectivity index (χ3n) is 8.10. The summed E-state index contributed by atoms with van der Waals surface area (Å²) >= 11 is 12.3. The van der Waals surface area contributed by atoms with Crippen molar-refractivity contribution < 1.29 is 21.7 Å². The van der Waals surface area contributed by atoms with Crippen LogP contribution in [0.3, 0.4) is 0 Å². The third-order valence-corrected chi connectivity index (χ3v) is 9.06. The predicted octanol–water partition coefficient (Wildman–Crippen LogP) is 10.9. The summed E-state index contributed by atoms with van der Waals surface area (Å²) in [7, 11) is -4.48. The maximum absolute atomic E-state index is 10.1. The average molecular weight is 740 g/mol. The lowest BCUT2D eigenvalue weighted by molar-refractivity contribution is -0.538. The van der Waals surface area contributed by atoms with Crippen LogP contribution in [0.1, 0.15) is 85.0 Å². The minimum absolute atomic E-state index is 0.0301. The Morgan fingerprint density at radius 3 is 1.92 bits per heavy atom. The summed E-state index contributed by atoms with van der Waals surface area (Å²) in [6.07, 6.45) is 11.7. The standard InChI is InChI=1S/C27H22Cl2N4.C12H26O4S/c1-17(2)30-24-16-27-25(15-23(24)31-20-11-7-18(28)8-12-20)32-22-5-3-4-6-26(22)33(27)21-13-9-19(29)10-14-21;1-2-3-4-5-6-7-8-9-10-11-12-16-17(13,14)15/h3-17H,1-2H3,(H,31,32);2-12H2,1H3,(H,13,14,15). The quantitative estimate of drug-likeness (QED) is 0.0321. The molecule has 0 saturated carbocycles. The SMILES string of the molecule is CC(C)Nc1cc2c(cc1Nc1ccc(Cl)cc1)nc1ccccc1[n+]2-c1ccc(Cl)cc1.CCCCCCCCCCCCOS(=O)(=O)[O-]. The van der Waals surface area contributed by atoms with Gasteiger partial charge in [0, 0.05) is 46.0 Å². The number of nitrogens with one attached hydrogen (secondary N) is 2. The second-order valence-corrected chi connectivity index (χ2v) is 14.6. The lowest BCUT2D eigenvalue weighted by Gasteiger charge is -2.17. The molecule has 0 spiro atoms. The molecule has 8 nitrogen and oxygen atoms in total. The molecule has 0 saturated heterocycles. The Morgan fingerprint density at radius 2 is 1.32 bits per heavy atom. The van der Waals surface area contributed by atoms with Crippen molar-refractivity contribution in [1.29, 1.82) is 0 Å². The molecular formula is C39H48Cl2N4O4S. The topological polar surface area (TPSA) is 107 Å². The zero-order valence-electron chi connectivity index (χ0n) is 29.1. The summed E-state index contributed by atoms with van der Waals surface area (Å²) in [6.45, 7) is 6.50. The van der Waals surface area contributed by atoms with Gasteiger partial charge in [0.15, 0.2) is 0 Å². The van der Waals surface area contributed by atoms with Crippen LogP contribution in [0.4, 0.5) is 17.1 Å². The molecule has 0 amide bonds. The predicted molar refractivity (Wildman–Crippen MR) is 207 cm³/mol. The van der Waals surface area contributed by atoms with E-state index in [9.17, 15) is 13.0 Å². The molecule has 0 fully saturated rings. The van der Waals surface area contributed by atoms with E-state index in [1.165, 1.54) is 44.9 Å². The molecule has 0 atom stereocenters. The first-order chi connectivity index (χ1) is 24.0. The van der Waals surface area contributed by atoms with Crippen LogP contribution >= 0.6 is 23.2 Å². The van der Waals surface area contributed by atoms with Gasteiger partial charge in [-0.3, -0.25) is 4.18 Å². The van der Waals surface area contributed by atoms with Crippen molar-refractivity contribution in [2.24, 2.45) is 0 Å². The van der Waals surface area contributed by atoms with Crippen LogP contribution in [0.5, 0.6) is 0 Å². The van der Waals surface area contributed by atoms with Crippen molar-refractivity contribution in [2.45, 2.75) is 91.0 Å². The second kappa shape index (κ2) is 19.8. The Labute approximate surface area is 307 Å². The minimum atomic E-state index is -4.48. The Hall–Kier alpha value is -3.47. The average Bonchev–Trinajstić information content (AvgIpc) is 3.07. The molecule has 1 heterocycles. The fraction of sp³-hybridized carbons (Fsp3) is 0.385. The molecule has 0 aliphatic rings. The van der Waals surface area contributed by atoms with E-state index in [2.05, 4.69) is 58.4 Å². The van der Waals surface area contributed by atoms with Gasteiger partial charge in [0.25, 0.3) is 0 Å². The van der Waals surface area contributed by atoms with E-state index in [1.54, 1.807) is 0 Å². The normalized spacial score (nSPS) is 11.5. The summed E-state index contributed by atoms with van der Waals surface area (Å²) < 4.78 is 36.7. The molecule has 2 N–H and O–H groups in total. The van der Waals surface area contributed by atoms with E-state index < -0.39 is 10.4 Å². The number of hydrogen-bond donors (Lipinski definition) is 2. The Morgan fingerprint density at radius 1 is 0.740 bits per heavy atom. The van der Waals surface area contributed by atoms with Crippen molar-refractivity contribution in [3.63, 3.8) is 0 Å². The number of anilines is 3. The van der Waals surface area contributed by atoms with Gasteiger partial charge >= 0.3 is 0 Å². The number of aromatic nitrogens is 2. The molecule has 0 aliphatic heterocycles. The fourth-order valence-electron chi connectivity index (χ4n) is 5.69. The van der Waals surface area contributed by atoms with Crippen LogP contribution in [0.15, 0.2) is 84.9 Å². The maximum atomic E-state index is 10.1. The van der Waals surface area contributed by atoms with Gasteiger partial charge in [-0.2, -0.15) is 0 Å². The lowest BCUT2D eigenvalue weighted by atomic mass is 10.1. The molecular weight excluding hydrogens is 691 g/mol. The van der Waals surface area contributed by atoms with Gasteiger partial charge in [0.1, 0.15) is 11.0 Å². The van der Waals surface area contributed by atoms with Gasteiger partial charge in [0.05, 0.1) is 18.0 Å². The smallest absolute Gasteiger partial charge is 0.239 e. The highest BCUT2D eigenvalue weighted by atomic mass is 35.5. The van der Waals surface area contributed by atoms with Gasteiger partial charge < -0.3 is 15.2 Å². The maximum Gasteiger partial charge on any atom is 0.239 e. The molecule has 268 valence electrons. The van der Waals surface area contributed by atoms with E-state index in [0.29, 0.717) is 16.5 Å². The molecule has 1 aromatic heterocycles. The largest absolute Gasteiger partial charge is 0.726 e. The number of para-hydroxylation sites is 2. The van der Waals surface area contributed by atoms with Crippen molar-refractivity contribution >= 4 is 72.7 Å². The number of fused-ring (bicyclic) bond motifs is 2. The number of halogens is 2. The highest BCUT2D eigenvalue weighted by Crippen LogP contribution is 2.32. The van der Waals surface area contributed by atoms with Crippen LogP contribution in [0.25, 0.3) is 27.8 Å². The van der Waals surface area contributed by atoms with Crippen molar-refractivity contribution in [3.8, 4) is 5.69 Å². The molecule has 4 aromatic carbocycles. The van der Waals surface area contributed by atoms with Crippen molar-refractivity contribution in [2.75, 3.05) is 17.2 Å². The first kappa shape index (κ1) is 39.3. The molecule has 0 bridgehead atoms. The van der Waals surface area contributed by atoms with Crippen LogP contribution < -0.4 is 15.2 Å². The summed E-state index contributed by atoms with van der Waals surface area (Å²) in [5, 5.41) is 8.52. The first-order valence-electron chi connectivity index (χ1n) is 17.5. The zero-order valence-corrected chi connectivity index (χ0v) is 31.5. The van der Waals surface area contributed by atoms with Gasteiger partial charge in [-0.05, 0) is 68.8 Å². The minimum Gasteiger partial charge on any atom is -0.726 e. The zero-order chi connectivity index (χ0) is 35.9. The van der Waals surface area contributed by atoms with Crippen LogP contribution in [0, 0.1) is 0 Å². The molecule has 50 heavy (non-hydrogen) atoms. The first-order valence-corrected chi connectivity index (χ1v) is 19.6. The summed E-state index contributed by atoms with van der Waals surface area (Å²) in [4.78, 5) is 4.98. The highest BCUT2D eigenvalue weighted by Gasteiger charge is 2.22. The summed E-state index contributed by atoms with van der Waals surface area (Å²) in [6, 6.07) is 28.2. The van der Waals surface area contributed by atoms with E-state index in [-0.39, 0.29) is 12.6 Å². The second-order valence-electron chi connectivity index (χ2n) is 12.6. The van der Waals surface area contributed by atoms with Gasteiger partial charge in [-0.25, -0.2) is 13.4 Å². The highest BCUT2D eigenvalue weighted by molar-refractivity contribution is 7.80. The molecule has 0 radical (unpaired) electrons. The van der Waals surface area contributed by atoms with Crippen LogP contribution in [0.2, 0.25) is 10.0 Å². The fourth-order valence-corrected chi connectivity index (χ4v) is 6.27. The van der Waals surface area contributed by atoms with Gasteiger partial charge in [-0.1, -0.05) is 100 Å². The molecule has 0 unspecified atom stereocenters. The third kappa shape index (κ3) is 12.7. The van der Waals surface area contributed by atoms with Crippen molar-refractivity contribution in [3.05, 3.63) is 95.0 Å². The van der Waals surface area contributed by atoms with E-state index in [4.69, 9.17) is 28.2 Å². The van der Waals surface area contributed by atoms with Gasteiger partial charge in [-0.15, -0.1) is 4.57 Å². The molecule has 5 rings (SSSR count). The van der Waals surface area contributed by atoms with E-state index >= 15 is 0 Å². The number of rotatable bonds is 17. The van der Waals surface area contributed by atoms with E-state index in [1.807, 2.05) is 66.7 Å². The van der Waals surface area contributed by atoms with Gasteiger partial charge in [0.2, 0.25) is 27.1 Å². The molecule has 5 aromatic rings. The molecule has 11 heteroatoms. The summed E-state index contributed by atoms with van der Waals surface area (Å²) in [5.41, 5.74) is 7.75. The Bertz CT molecular complexity index is 1900. The number of benzene rings is 4. The Balaban J connectivity index is 0.000000282. The summed E-state index contributed by atoms with van der Waals surface area (Å²) in [5.74, 6) is 0. The van der Waals surface area contributed by atoms with Crippen LogP contribution in [-0.4, -0.2) is 30.6 Å².